The number of rotatable bonds is 3. The average molecular weight is 366 g/mol. The molecule has 0 radical (unpaired) electrons. The van der Waals surface area contributed by atoms with E-state index in [1.807, 2.05) is 6.92 Å². The largest absolute Gasteiger partial charge is 0.348 e. The Morgan fingerprint density at radius 2 is 1.82 bits per heavy atom. The Kier molecular flexibility index (Phi) is 8.11. The van der Waals surface area contributed by atoms with E-state index in [9.17, 15) is 4.79 Å². The Labute approximate surface area is 148 Å². The van der Waals surface area contributed by atoms with E-state index in [0.717, 1.165) is 36.5 Å². The second-order valence-corrected chi connectivity index (χ2v) is 6.98. The van der Waals surface area contributed by atoms with Crippen molar-refractivity contribution in [3.63, 3.8) is 0 Å². The van der Waals surface area contributed by atoms with E-state index in [4.69, 9.17) is 0 Å². The summed E-state index contributed by atoms with van der Waals surface area (Å²) in [4.78, 5) is 17.9. The molecule has 2 N–H and O–H groups in total. The monoisotopic (exact) mass is 365 g/mol. The van der Waals surface area contributed by atoms with Gasteiger partial charge in [0.15, 0.2) is 0 Å². The maximum atomic E-state index is 12.4. The summed E-state index contributed by atoms with van der Waals surface area (Å²) in [5.41, 5.74) is 0.906. The van der Waals surface area contributed by atoms with Crippen LogP contribution in [0.2, 0.25) is 0 Å². The highest BCUT2D eigenvalue weighted by atomic mass is 35.5. The van der Waals surface area contributed by atoms with Crippen LogP contribution in [0.3, 0.4) is 0 Å². The Morgan fingerprint density at radius 1 is 1.18 bits per heavy atom. The van der Waals surface area contributed by atoms with Crippen molar-refractivity contribution in [2.24, 2.45) is 0 Å². The summed E-state index contributed by atoms with van der Waals surface area (Å²) in [6.45, 7) is 3.96. The van der Waals surface area contributed by atoms with Gasteiger partial charge in [0.05, 0.1) is 10.7 Å². The topological polar surface area (TPSA) is 54.0 Å². The van der Waals surface area contributed by atoms with Gasteiger partial charge in [0.1, 0.15) is 4.88 Å². The third-order valence-corrected chi connectivity index (χ3v) is 5.72. The van der Waals surface area contributed by atoms with Crippen LogP contribution in [0.5, 0.6) is 0 Å². The molecule has 0 aromatic carbocycles. The molecular formula is C15H25Cl2N3OS. The van der Waals surface area contributed by atoms with E-state index < -0.39 is 0 Å². The zero-order valence-electron chi connectivity index (χ0n) is 12.9. The van der Waals surface area contributed by atoms with Crippen molar-refractivity contribution in [1.82, 2.24) is 15.6 Å². The van der Waals surface area contributed by atoms with Crippen molar-refractivity contribution in [3.8, 4) is 0 Å². The number of nitrogens with zero attached hydrogens (tertiary/aromatic N) is 1. The van der Waals surface area contributed by atoms with Crippen LogP contribution in [0, 0.1) is 6.92 Å². The normalized spacial score (nSPS) is 19.3. The number of amides is 1. The zero-order chi connectivity index (χ0) is 13.9. The number of hydrogen-bond acceptors (Lipinski definition) is 4. The summed E-state index contributed by atoms with van der Waals surface area (Å²) in [5, 5.41) is 7.67. The Morgan fingerprint density at radius 3 is 2.45 bits per heavy atom. The van der Waals surface area contributed by atoms with Gasteiger partial charge in [0.2, 0.25) is 0 Å². The van der Waals surface area contributed by atoms with E-state index in [-0.39, 0.29) is 30.7 Å². The smallest absolute Gasteiger partial charge is 0.263 e. The van der Waals surface area contributed by atoms with Crippen molar-refractivity contribution >= 4 is 42.1 Å². The summed E-state index contributed by atoms with van der Waals surface area (Å²) < 4.78 is 0. The minimum absolute atomic E-state index is 0. The van der Waals surface area contributed by atoms with E-state index >= 15 is 0 Å². The van der Waals surface area contributed by atoms with Gasteiger partial charge in [-0.3, -0.25) is 4.79 Å². The molecule has 1 aromatic rings. The van der Waals surface area contributed by atoms with E-state index in [0.29, 0.717) is 12.0 Å². The van der Waals surface area contributed by atoms with Crippen molar-refractivity contribution in [2.45, 2.75) is 57.4 Å². The highest BCUT2D eigenvalue weighted by Crippen LogP contribution is 2.37. The molecule has 3 rings (SSSR count). The summed E-state index contributed by atoms with van der Waals surface area (Å²) in [5.74, 6) is 0.676. The molecule has 7 heteroatoms. The fourth-order valence-electron chi connectivity index (χ4n) is 3.19. The highest BCUT2D eigenvalue weighted by molar-refractivity contribution is 7.13. The third kappa shape index (κ3) is 4.57. The maximum Gasteiger partial charge on any atom is 0.263 e. The van der Waals surface area contributed by atoms with Crippen LogP contribution in [0.25, 0.3) is 0 Å². The molecule has 1 aliphatic carbocycles. The molecule has 1 aromatic heterocycles. The number of piperidine rings is 1. The highest BCUT2D eigenvalue weighted by Gasteiger charge is 2.25. The molecule has 1 saturated heterocycles. The Bertz CT molecular complexity index is 483. The Hall–Kier alpha value is -0.360. The van der Waals surface area contributed by atoms with Crippen LogP contribution in [0.1, 0.15) is 64.8 Å². The van der Waals surface area contributed by atoms with Gasteiger partial charge in [-0.05, 0) is 45.7 Å². The zero-order valence-corrected chi connectivity index (χ0v) is 15.3. The van der Waals surface area contributed by atoms with Gasteiger partial charge in [-0.15, -0.1) is 36.2 Å². The van der Waals surface area contributed by atoms with Crippen LogP contribution in [-0.2, 0) is 0 Å². The second kappa shape index (κ2) is 9.06. The SMILES string of the molecule is Cc1nc(C2CCCC2)sc1C(=O)NC1CCNCC1.Cl.Cl. The van der Waals surface area contributed by atoms with Gasteiger partial charge < -0.3 is 10.6 Å². The molecule has 2 heterocycles. The lowest BCUT2D eigenvalue weighted by Gasteiger charge is -2.23. The fourth-order valence-corrected chi connectivity index (χ4v) is 4.33. The molecule has 22 heavy (non-hydrogen) atoms. The summed E-state index contributed by atoms with van der Waals surface area (Å²) >= 11 is 1.61. The van der Waals surface area contributed by atoms with E-state index in [1.165, 1.54) is 30.7 Å². The van der Waals surface area contributed by atoms with Crippen molar-refractivity contribution in [3.05, 3.63) is 15.6 Å². The van der Waals surface area contributed by atoms with Crippen LogP contribution in [0.4, 0.5) is 0 Å². The lowest BCUT2D eigenvalue weighted by molar-refractivity contribution is 0.0933. The number of nitrogens with one attached hydrogen (secondary N) is 2. The molecule has 0 spiro atoms. The molecule has 1 aliphatic heterocycles. The number of halogens is 2. The number of aryl methyl sites for hydroxylation is 1. The van der Waals surface area contributed by atoms with Gasteiger partial charge in [0, 0.05) is 12.0 Å². The van der Waals surface area contributed by atoms with Crippen LogP contribution in [-0.4, -0.2) is 30.0 Å². The molecule has 0 unspecified atom stereocenters. The molecular weight excluding hydrogens is 341 g/mol. The van der Waals surface area contributed by atoms with Gasteiger partial charge >= 0.3 is 0 Å². The molecule has 126 valence electrons. The number of carbonyl (C=O) groups excluding carboxylic acids is 1. The average Bonchev–Trinajstić information content (AvgIpc) is 3.08. The molecule has 4 nitrogen and oxygen atoms in total. The minimum atomic E-state index is 0. The van der Waals surface area contributed by atoms with E-state index in [1.54, 1.807) is 11.3 Å². The van der Waals surface area contributed by atoms with Crippen molar-refractivity contribution in [2.75, 3.05) is 13.1 Å². The third-order valence-electron chi connectivity index (χ3n) is 4.40. The first-order valence-corrected chi connectivity index (χ1v) is 8.54. The standard InChI is InChI=1S/C15H23N3OS.2ClH/c1-10-13(14(19)18-12-6-8-16-9-7-12)20-15(17-10)11-4-2-3-5-11;;/h11-12,16H,2-9H2,1H3,(H,18,19);2*1H. The van der Waals surface area contributed by atoms with Crippen LogP contribution < -0.4 is 10.6 Å². The number of thiazole rings is 1. The van der Waals surface area contributed by atoms with Gasteiger partial charge in [-0.25, -0.2) is 4.98 Å². The molecule has 1 amide bonds. The Balaban J connectivity index is 0.00000121. The fraction of sp³-hybridized carbons (Fsp3) is 0.733. The number of hydrogen-bond donors (Lipinski definition) is 2. The van der Waals surface area contributed by atoms with Crippen molar-refractivity contribution in [1.29, 1.82) is 0 Å². The van der Waals surface area contributed by atoms with Crippen LogP contribution in [0.15, 0.2) is 0 Å². The molecule has 0 atom stereocenters. The predicted molar refractivity (Wildman–Crippen MR) is 95.9 cm³/mol. The maximum absolute atomic E-state index is 12.4. The summed E-state index contributed by atoms with van der Waals surface area (Å²) in [6, 6.07) is 0.320. The first-order chi connectivity index (χ1) is 9.74. The van der Waals surface area contributed by atoms with Crippen molar-refractivity contribution < 1.29 is 4.79 Å². The lowest BCUT2D eigenvalue weighted by atomic mass is 10.1. The minimum Gasteiger partial charge on any atom is -0.348 e. The summed E-state index contributed by atoms with van der Waals surface area (Å²) in [7, 11) is 0. The second-order valence-electron chi connectivity index (χ2n) is 5.95. The van der Waals surface area contributed by atoms with Gasteiger partial charge in [-0.2, -0.15) is 0 Å². The molecule has 2 fully saturated rings. The summed E-state index contributed by atoms with van der Waals surface area (Å²) in [6.07, 6.45) is 7.14. The van der Waals surface area contributed by atoms with Crippen LogP contribution >= 0.6 is 36.2 Å². The number of carbonyl (C=O) groups is 1. The lowest BCUT2D eigenvalue weighted by Crippen LogP contribution is -2.42. The first kappa shape index (κ1) is 19.7. The predicted octanol–water partition coefficient (Wildman–Crippen LogP) is 3.43. The quantitative estimate of drug-likeness (QED) is 0.862. The molecule has 2 aliphatic rings. The van der Waals surface area contributed by atoms with E-state index in [2.05, 4.69) is 15.6 Å². The molecule has 1 saturated carbocycles. The number of aromatic nitrogens is 1. The van der Waals surface area contributed by atoms with Gasteiger partial charge in [0.25, 0.3) is 5.91 Å². The first-order valence-electron chi connectivity index (χ1n) is 7.73. The molecule has 0 bridgehead atoms. The van der Waals surface area contributed by atoms with Gasteiger partial charge in [-0.1, -0.05) is 12.8 Å².